The molecule has 1 atom stereocenters. The monoisotopic (exact) mass is 238 g/mol. The lowest BCUT2D eigenvalue weighted by Crippen LogP contribution is -2.34. The lowest BCUT2D eigenvalue weighted by atomic mass is 10.2. The number of benzene rings is 1. The molecular formula is C11H11FN2O3. The van der Waals surface area contributed by atoms with E-state index < -0.39 is 24.4 Å². The summed E-state index contributed by atoms with van der Waals surface area (Å²) in [4.78, 5) is 11.2. The van der Waals surface area contributed by atoms with E-state index in [1.165, 1.54) is 19.2 Å². The van der Waals surface area contributed by atoms with E-state index in [1.807, 2.05) is 0 Å². The molecule has 0 fully saturated rings. The molecule has 0 bridgehead atoms. The van der Waals surface area contributed by atoms with Crippen LogP contribution < -0.4 is 5.32 Å². The van der Waals surface area contributed by atoms with Gasteiger partial charge in [0.1, 0.15) is 11.9 Å². The first-order valence-electron chi connectivity index (χ1n) is 4.77. The zero-order valence-electron chi connectivity index (χ0n) is 9.11. The molecule has 90 valence electrons. The third-order valence-electron chi connectivity index (χ3n) is 2.10. The van der Waals surface area contributed by atoms with Crippen molar-refractivity contribution >= 4 is 11.7 Å². The van der Waals surface area contributed by atoms with Gasteiger partial charge in [-0.25, -0.2) is 9.18 Å². The van der Waals surface area contributed by atoms with E-state index in [1.54, 1.807) is 6.07 Å². The first-order chi connectivity index (χ1) is 8.12. The van der Waals surface area contributed by atoms with Crippen molar-refractivity contribution in [3.63, 3.8) is 0 Å². The minimum Gasteiger partial charge on any atom is -0.467 e. The van der Waals surface area contributed by atoms with Crippen LogP contribution in [-0.2, 0) is 9.53 Å². The quantitative estimate of drug-likeness (QED) is 0.752. The average molecular weight is 238 g/mol. The summed E-state index contributed by atoms with van der Waals surface area (Å²) in [7, 11) is 1.17. The Morgan fingerprint density at radius 2 is 2.41 bits per heavy atom. The number of carbonyl (C=O) groups is 1. The van der Waals surface area contributed by atoms with Crippen LogP contribution >= 0.6 is 0 Å². The topological polar surface area (TPSA) is 82.3 Å². The number of esters is 1. The van der Waals surface area contributed by atoms with E-state index in [9.17, 15) is 9.18 Å². The van der Waals surface area contributed by atoms with E-state index in [4.69, 9.17) is 10.4 Å². The molecule has 1 rings (SSSR count). The van der Waals surface area contributed by atoms with Crippen molar-refractivity contribution in [1.29, 1.82) is 5.26 Å². The average Bonchev–Trinajstić information content (AvgIpc) is 2.36. The molecule has 0 aromatic heterocycles. The molecule has 0 aliphatic rings. The fraction of sp³-hybridized carbons (Fsp3) is 0.273. The van der Waals surface area contributed by atoms with Gasteiger partial charge in [0.25, 0.3) is 0 Å². The number of nitrogens with one attached hydrogen (secondary N) is 1. The standard InChI is InChI=1S/C11H11FN2O3/c1-17-11(16)10(6-15)14-9-3-2-7(5-13)4-8(9)12/h2-4,10,14-15H,6H2,1H3. The molecule has 0 saturated carbocycles. The number of methoxy groups -OCH3 is 1. The van der Waals surface area contributed by atoms with E-state index in [0.717, 1.165) is 6.07 Å². The Morgan fingerprint density at radius 3 is 2.88 bits per heavy atom. The highest BCUT2D eigenvalue weighted by Crippen LogP contribution is 2.16. The maximum atomic E-state index is 13.5. The van der Waals surface area contributed by atoms with Crippen LogP contribution in [0.15, 0.2) is 18.2 Å². The minimum absolute atomic E-state index is 0.0217. The van der Waals surface area contributed by atoms with E-state index in [2.05, 4.69) is 10.1 Å². The Bertz CT molecular complexity index is 457. The summed E-state index contributed by atoms with van der Waals surface area (Å²) in [6, 6.07) is 4.50. The van der Waals surface area contributed by atoms with Crippen LogP contribution in [-0.4, -0.2) is 30.8 Å². The number of hydrogen-bond donors (Lipinski definition) is 2. The number of hydrogen-bond acceptors (Lipinski definition) is 5. The van der Waals surface area contributed by atoms with Gasteiger partial charge in [-0.2, -0.15) is 5.26 Å². The summed E-state index contributed by atoms with van der Waals surface area (Å²) >= 11 is 0. The van der Waals surface area contributed by atoms with Gasteiger partial charge in [0.05, 0.1) is 31.0 Å². The summed E-state index contributed by atoms with van der Waals surface area (Å²) in [6.45, 7) is -0.522. The summed E-state index contributed by atoms with van der Waals surface area (Å²) in [5.74, 6) is -1.37. The number of ether oxygens (including phenoxy) is 1. The molecule has 0 spiro atoms. The van der Waals surface area contributed by atoms with Crippen LogP contribution in [0.1, 0.15) is 5.56 Å². The lowest BCUT2D eigenvalue weighted by molar-refractivity contribution is -0.142. The molecular weight excluding hydrogens is 227 g/mol. The number of aliphatic hydroxyl groups excluding tert-OH is 1. The number of halogens is 1. The van der Waals surface area contributed by atoms with Gasteiger partial charge in [0.2, 0.25) is 0 Å². The van der Waals surface area contributed by atoms with Crippen molar-refractivity contribution in [2.24, 2.45) is 0 Å². The molecule has 0 amide bonds. The molecule has 6 heteroatoms. The summed E-state index contributed by atoms with van der Waals surface area (Å²) in [5, 5.41) is 20.0. The third-order valence-corrected chi connectivity index (χ3v) is 2.10. The van der Waals surface area contributed by atoms with Crippen molar-refractivity contribution in [2.45, 2.75) is 6.04 Å². The highest BCUT2D eigenvalue weighted by atomic mass is 19.1. The maximum Gasteiger partial charge on any atom is 0.330 e. The summed E-state index contributed by atoms with van der Waals surface area (Å²) in [6.07, 6.45) is 0. The molecule has 0 aliphatic carbocycles. The highest BCUT2D eigenvalue weighted by molar-refractivity contribution is 5.79. The molecule has 0 aliphatic heterocycles. The van der Waals surface area contributed by atoms with Crippen LogP contribution in [0, 0.1) is 17.1 Å². The Balaban J connectivity index is 2.87. The highest BCUT2D eigenvalue weighted by Gasteiger charge is 2.19. The van der Waals surface area contributed by atoms with Gasteiger partial charge in [-0.05, 0) is 18.2 Å². The van der Waals surface area contributed by atoms with Gasteiger partial charge >= 0.3 is 5.97 Å². The van der Waals surface area contributed by atoms with E-state index >= 15 is 0 Å². The number of nitrogens with zero attached hydrogens (tertiary/aromatic N) is 1. The summed E-state index contributed by atoms with van der Waals surface area (Å²) < 4.78 is 17.9. The number of nitriles is 1. The van der Waals surface area contributed by atoms with Crippen LogP contribution in [0.5, 0.6) is 0 Å². The minimum atomic E-state index is -1.04. The summed E-state index contributed by atoms with van der Waals surface area (Å²) in [5.41, 5.74) is 0.195. The van der Waals surface area contributed by atoms with Crippen LogP contribution in [0.4, 0.5) is 10.1 Å². The van der Waals surface area contributed by atoms with Gasteiger partial charge in [-0.3, -0.25) is 0 Å². The van der Waals surface area contributed by atoms with E-state index in [0.29, 0.717) is 0 Å². The van der Waals surface area contributed by atoms with Gasteiger partial charge in [0, 0.05) is 0 Å². The predicted molar refractivity (Wildman–Crippen MR) is 57.6 cm³/mol. The first kappa shape index (κ1) is 12.9. The smallest absolute Gasteiger partial charge is 0.330 e. The normalized spacial score (nSPS) is 11.4. The van der Waals surface area contributed by atoms with Gasteiger partial charge < -0.3 is 15.2 Å². The SMILES string of the molecule is COC(=O)C(CO)Nc1ccc(C#N)cc1F. The van der Waals surface area contributed by atoms with Gasteiger partial charge in [0.15, 0.2) is 0 Å². The maximum absolute atomic E-state index is 13.5. The van der Waals surface area contributed by atoms with Gasteiger partial charge in [-0.1, -0.05) is 0 Å². The Morgan fingerprint density at radius 1 is 1.71 bits per heavy atom. The van der Waals surface area contributed by atoms with Crippen molar-refractivity contribution in [1.82, 2.24) is 0 Å². The zero-order valence-corrected chi connectivity index (χ0v) is 9.11. The number of anilines is 1. The Kier molecular flexibility index (Phi) is 4.43. The molecule has 1 aromatic rings. The molecule has 0 saturated heterocycles. The van der Waals surface area contributed by atoms with Crippen molar-refractivity contribution in [3.05, 3.63) is 29.6 Å². The van der Waals surface area contributed by atoms with Gasteiger partial charge in [-0.15, -0.1) is 0 Å². The molecule has 0 radical (unpaired) electrons. The fourth-order valence-electron chi connectivity index (χ4n) is 1.21. The van der Waals surface area contributed by atoms with E-state index in [-0.39, 0.29) is 11.3 Å². The molecule has 17 heavy (non-hydrogen) atoms. The first-order valence-corrected chi connectivity index (χ1v) is 4.77. The molecule has 0 heterocycles. The molecule has 2 N–H and O–H groups in total. The number of carbonyl (C=O) groups excluding carboxylic acids is 1. The zero-order chi connectivity index (χ0) is 12.8. The second-order valence-corrected chi connectivity index (χ2v) is 3.21. The Hall–Kier alpha value is -2.13. The Labute approximate surface area is 97.4 Å². The largest absolute Gasteiger partial charge is 0.467 e. The predicted octanol–water partition coefficient (Wildman–Crippen LogP) is 0.643. The number of aliphatic hydroxyl groups is 1. The van der Waals surface area contributed by atoms with Crippen LogP contribution in [0.2, 0.25) is 0 Å². The molecule has 5 nitrogen and oxygen atoms in total. The fourth-order valence-corrected chi connectivity index (χ4v) is 1.21. The molecule has 1 aromatic carbocycles. The second-order valence-electron chi connectivity index (χ2n) is 3.21. The van der Waals surface area contributed by atoms with Crippen LogP contribution in [0.3, 0.4) is 0 Å². The number of rotatable bonds is 4. The second kappa shape index (κ2) is 5.82. The van der Waals surface area contributed by atoms with Crippen LogP contribution in [0.25, 0.3) is 0 Å². The van der Waals surface area contributed by atoms with Crippen molar-refractivity contribution < 1.29 is 19.0 Å². The lowest BCUT2D eigenvalue weighted by Gasteiger charge is -2.15. The van der Waals surface area contributed by atoms with Crippen molar-refractivity contribution in [2.75, 3.05) is 19.0 Å². The molecule has 1 unspecified atom stereocenters. The van der Waals surface area contributed by atoms with Crippen molar-refractivity contribution in [3.8, 4) is 6.07 Å². The third kappa shape index (κ3) is 3.16.